The van der Waals surface area contributed by atoms with Crippen LogP contribution in [0.2, 0.25) is 0 Å². The second-order valence-corrected chi connectivity index (χ2v) is 17.2. The fraction of sp³-hybridized carbons (Fsp3) is 0.0164. The lowest BCUT2D eigenvalue weighted by Crippen LogP contribution is -2.25. The molecule has 0 unspecified atom stereocenters. The molecule has 3 heteroatoms. The predicted octanol–water partition coefficient (Wildman–Crippen LogP) is 16.2. The molecule has 10 aromatic carbocycles. The van der Waals surface area contributed by atoms with Crippen molar-refractivity contribution in [2.45, 2.75) is 5.41 Å². The van der Waals surface area contributed by atoms with Gasteiger partial charge in [0.1, 0.15) is 11.2 Å². The molecule has 298 valence electrons. The minimum Gasteiger partial charge on any atom is -0.456 e. The Kier molecular flexibility index (Phi) is 7.32. The first-order chi connectivity index (χ1) is 31.8. The van der Waals surface area contributed by atoms with Crippen molar-refractivity contribution < 1.29 is 4.42 Å². The van der Waals surface area contributed by atoms with E-state index >= 15 is 0 Å². The number of rotatable bonds is 5. The first kappa shape index (κ1) is 35.2. The minimum absolute atomic E-state index is 0.385. The Hall–Kier alpha value is -8.40. The highest BCUT2D eigenvalue weighted by molar-refractivity contribution is 6.11. The van der Waals surface area contributed by atoms with E-state index in [1.807, 2.05) is 12.1 Å². The zero-order valence-electron chi connectivity index (χ0n) is 34.7. The summed E-state index contributed by atoms with van der Waals surface area (Å²) in [6.45, 7) is 0. The topological polar surface area (TPSA) is 21.3 Å². The van der Waals surface area contributed by atoms with E-state index < -0.39 is 0 Å². The molecule has 0 atom stereocenters. The van der Waals surface area contributed by atoms with E-state index in [0.29, 0.717) is 0 Å². The largest absolute Gasteiger partial charge is 0.456 e. The zero-order chi connectivity index (χ0) is 41.9. The van der Waals surface area contributed by atoms with Crippen molar-refractivity contribution in [3.63, 3.8) is 0 Å². The first-order valence-corrected chi connectivity index (χ1v) is 22.1. The summed E-state index contributed by atoms with van der Waals surface area (Å²) in [6.07, 6.45) is 0. The molecule has 14 rings (SSSR count). The fourth-order valence-electron chi connectivity index (χ4n) is 11.4. The summed E-state index contributed by atoms with van der Waals surface area (Å²) in [4.78, 5) is 2.37. The Balaban J connectivity index is 0.952. The molecule has 2 aliphatic rings. The van der Waals surface area contributed by atoms with Crippen molar-refractivity contribution in [2.75, 3.05) is 4.90 Å². The van der Waals surface area contributed by atoms with Crippen molar-refractivity contribution in [3.05, 3.63) is 253 Å². The molecule has 0 aliphatic heterocycles. The average molecular weight is 815 g/mol. The van der Waals surface area contributed by atoms with Gasteiger partial charge in [-0.1, -0.05) is 158 Å². The van der Waals surface area contributed by atoms with Gasteiger partial charge in [-0.3, -0.25) is 0 Å². The fourth-order valence-corrected chi connectivity index (χ4v) is 11.4. The highest BCUT2D eigenvalue weighted by Crippen LogP contribution is 2.64. The summed E-state index contributed by atoms with van der Waals surface area (Å²) in [5.41, 5.74) is 21.1. The zero-order valence-corrected chi connectivity index (χ0v) is 34.7. The molecule has 12 aromatic rings. The molecule has 1 spiro atoms. The Morgan fingerprint density at radius 2 is 0.891 bits per heavy atom. The molecule has 0 radical (unpaired) electrons. The van der Waals surface area contributed by atoms with Crippen LogP contribution in [0.15, 0.2) is 235 Å². The molecule has 2 aromatic heterocycles. The van der Waals surface area contributed by atoms with E-state index in [1.165, 1.54) is 77.4 Å². The normalized spacial score (nSPS) is 13.1. The second-order valence-electron chi connectivity index (χ2n) is 17.2. The molecular weight excluding hydrogens is 777 g/mol. The number of fused-ring (bicyclic) bond motifs is 16. The summed E-state index contributed by atoms with van der Waals surface area (Å²) >= 11 is 0. The Labute approximate surface area is 370 Å². The standard InChI is InChI=1S/C61H38N2O/c1-2-15-40(16-3-1)63-56-27-12-7-19-47(56)51-37-42(34-36-57(51)63)62(43-33-35-49-48-20-8-13-28-58(48)64-59(49)38-43)41-31-29-39(30-32-41)44-22-14-26-55-60(44)50-21-6-11-25-54(50)61(55)52-23-9-4-17-45(52)46-18-5-10-24-53(46)61/h1-38H. The monoisotopic (exact) mass is 814 g/mol. The summed E-state index contributed by atoms with van der Waals surface area (Å²) in [5, 5.41) is 4.65. The van der Waals surface area contributed by atoms with Gasteiger partial charge in [0.25, 0.3) is 0 Å². The van der Waals surface area contributed by atoms with Crippen molar-refractivity contribution in [1.29, 1.82) is 0 Å². The van der Waals surface area contributed by atoms with Crippen LogP contribution in [0.5, 0.6) is 0 Å². The van der Waals surface area contributed by atoms with Crippen molar-refractivity contribution in [2.24, 2.45) is 0 Å². The van der Waals surface area contributed by atoms with E-state index in [-0.39, 0.29) is 5.41 Å². The third-order valence-corrected chi connectivity index (χ3v) is 14.0. The molecule has 2 heterocycles. The van der Waals surface area contributed by atoms with Gasteiger partial charge in [0.2, 0.25) is 0 Å². The van der Waals surface area contributed by atoms with Crippen LogP contribution in [-0.2, 0) is 5.41 Å². The van der Waals surface area contributed by atoms with Crippen LogP contribution in [0.1, 0.15) is 22.3 Å². The van der Waals surface area contributed by atoms with Gasteiger partial charge < -0.3 is 13.9 Å². The molecule has 0 amide bonds. The molecule has 0 bridgehead atoms. The second kappa shape index (κ2) is 13.3. The SMILES string of the molecule is c1ccc(-n2c3ccccc3c3cc(N(c4ccc(-c5cccc6c5-c5ccccc5C65c6ccccc6-c6ccccc65)cc4)c4ccc5c(c4)oc4ccccc45)ccc32)cc1. The number of anilines is 3. The lowest BCUT2D eigenvalue weighted by atomic mass is 9.70. The number of aromatic nitrogens is 1. The quantitative estimate of drug-likeness (QED) is 0.173. The predicted molar refractivity (Wildman–Crippen MR) is 264 cm³/mol. The first-order valence-electron chi connectivity index (χ1n) is 22.1. The summed E-state index contributed by atoms with van der Waals surface area (Å²) in [7, 11) is 0. The Morgan fingerprint density at radius 1 is 0.344 bits per heavy atom. The maximum absolute atomic E-state index is 6.50. The summed E-state index contributed by atoms with van der Waals surface area (Å²) in [6, 6.07) is 84.4. The molecule has 0 N–H and O–H groups in total. The smallest absolute Gasteiger partial charge is 0.137 e. The number of hydrogen-bond acceptors (Lipinski definition) is 2. The van der Waals surface area contributed by atoms with Crippen LogP contribution < -0.4 is 4.90 Å². The molecule has 3 nitrogen and oxygen atoms in total. The maximum Gasteiger partial charge on any atom is 0.137 e. The molecule has 0 fully saturated rings. The number of hydrogen-bond donors (Lipinski definition) is 0. The molecule has 0 saturated carbocycles. The lowest BCUT2D eigenvalue weighted by molar-refractivity contribution is 0.669. The van der Waals surface area contributed by atoms with Gasteiger partial charge in [-0.25, -0.2) is 0 Å². The summed E-state index contributed by atoms with van der Waals surface area (Å²) < 4.78 is 8.87. The number of furan rings is 1. The molecule has 64 heavy (non-hydrogen) atoms. The lowest BCUT2D eigenvalue weighted by Gasteiger charge is -2.30. The van der Waals surface area contributed by atoms with Gasteiger partial charge in [0.15, 0.2) is 0 Å². The van der Waals surface area contributed by atoms with Crippen molar-refractivity contribution >= 4 is 60.8 Å². The van der Waals surface area contributed by atoms with Gasteiger partial charge >= 0.3 is 0 Å². The van der Waals surface area contributed by atoms with Gasteiger partial charge in [-0.15, -0.1) is 0 Å². The van der Waals surface area contributed by atoms with E-state index in [2.05, 4.69) is 228 Å². The number of para-hydroxylation sites is 3. The van der Waals surface area contributed by atoms with E-state index in [9.17, 15) is 0 Å². The minimum atomic E-state index is -0.385. The average Bonchev–Trinajstić information content (AvgIpc) is 4.08. The maximum atomic E-state index is 6.50. The van der Waals surface area contributed by atoms with E-state index in [1.54, 1.807) is 0 Å². The van der Waals surface area contributed by atoms with Crippen LogP contribution >= 0.6 is 0 Å². The molecule has 0 saturated heterocycles. The van der Waals surface area contributed by atoms with Crippen LogP contribution in [0, 0.1) is 0 Å². The van der Waals surface area contributed by atoms with Crippen LogP contribution in [0.3, 0.4) is 0 Å². The van der Waals surface area contributed by atoms with Gasteiger partial charge in [-0.05, 0) is 122 Å². The van der Waals surface area contributed by atoms with E-state index in [4.69, 9.17) is 4.42 Å². The van der Waals surface area contributed by atoms with Gasteiger partial charge in [-0.2, -0.15) is 0 Å². The Bertz CT molecular complexity index is 3810. The van der Waals surface area contributed by atoms with Crippen molar-refractivity contribution in [3.8, 4) is 39.1 Å². The number of nitrogens with zero attached hydrogens (tertiary/aromatic N) is 2. The highest BCUT2D eigenvalue weighted by Gasteiger charge is 2.51. The van der Waals surface area contributed by atoms with Crippen molar-refractivity contribution in [1.82, 2.24) is 4.57 Å². The number of benzene rings is 10. The van der Waals surface area contributed by atoms with E-state index in [0.717, 1.165) is 44.7 Å². The summed E-state index contributed by atoms with van der Waals surface area (Å²) in [5.74, 6) is 0. The third kappa shape index (κ3) is 4.76. The third-order valence-electron chi connectivity index (χ3n) is 14.0. The molecule has 2 aliphatic carbocycles. The van der Waals surface area contributed by atoms with Crippen LogP contribution in [0.25, 0.3) is 82.8 Å². The Morgan fingerprint density at radius 3 is 1.67 bits per heavy atom. The van der Waals surface area contributed by atoms with Gasteiger partial charge in [0.05, 0.1) is 16.4 Å². The van der Waals surface area contributed by atoms with Crippen LogP contribution in [-0.4, -0.2) is 4.57 Å². The van der Waals surface area contributed by atoms with Crippen LogP contribution in [0.4, 0.5) is 17.1 Å². The highest BCUT2D eigenvalue weighted by atomic mass is 16.3. The van der Waals surface area contributed by atoms with Gasteiger partial charge in [0, 0.05) is 50.4 Å². The molecular formula is C61H38N2O.